The van der Waals surface area contributed by atoms with Gasteiger partial charge in [-0.05, 0) is 93.7 Å². The number of pyridine rings is 2. The molecule has 3 aliphatic rings. The van der Waals surface area contributed by atoms with Gasteiger partial charge in [0.1, 0.15) is 49.2 Å². The molecule has 6 atom stereocenters. The molecule has 0 radical (unpaired) electrons. The van der Waals surface area contributed by atoms with Gasteiger partial charge in [-0.1, -0.05) is 44.2 Å². The number of fused-ring (bicyclic) bond motifs is 5. The molecule has 47 nitrogen and oxygen atoms in total. The maximum absolute atomic E-state index is 15.0. The van der Waals surface area contributed by atoms with E-state index in [2.05, 4.69) is 78.4 Å². The van der Waals surface area contributed by atoms with Crippen molar-refractivity contribution in [2.45, 2.75) is 166 Å². The lowest BCUT2D eigenvalue weighted by Crippen LogP contribution is -2.59. The van der Waals surface area contributed by atoms with Gasteiger partial charge < -0.3 is 113 Å². The Kier molecular flexibility index (Phi) is 40.3. The first-order valence-corrected chi connectivity index (χ1v) is 44.6. The Balaban J connectivity index is 0.920. The van der Waals surface area contributed by atoms with Crippen LogP contribution in [-0.4, -0.2) is 325 Å². The summed E-state index contributed by atoms with van der Waals surface area (Å²) < 4.78 is 18.6. The first kappa shape index (κ1) is 104. The molecule has 0 saturated carbocycles. The molecule has 3 aliphatic heterocycles. The van der Waals surface area contributed by atoms with Crippen LogP contribution in [0, 0.1) is 0 Å². The van der Waals surface area contributed by atoms with Crippen LogP contribution in [0.15, 0.2) is 84.4 Å². The number of carbonyl (C=O) groups is 17. The fraction of sp³-hybridized carbons (Fsp3) is 0.511. The third-order valence-electron chi connectivity index (χ3n) is 22.8. The molecule has 7 heterocycles. The molecule has 1 saturated heterocycles. The van der Waals surface area contributed by atoms with E-state index in [4.69, 9.17) is 24.9 Å². The number of rotatable bonds is 51. The summed E-state index contributed by atoms with van der Waals surface area (Å²) in [6.45, 7) is 0.334. The highest BCUT2D eigenvalue weighted by atomic mass is 16.7. The molecule has 47 heteroatoms. The topological polar surface area (TPSA) is 662 Å². The van der Waals surface area contributed by atoms with E-state index in [0.717, 1.165) is 17.0 Å². The number of nitrogens with one attached hydrogen (secondary N) is 13. The first-order chi connectivity index (χ1) is 64.7. The van der Waals surface area contributed by atoms with Gasteiger partial charge in [0, 0.05) is 164 Å². The molecule has 730 valence electrons. The van der Waals surface area contributed by atoms with Crippen molar-refractivity contribution in [3.8, 4) is 17.1 Å². The first-order valence-electron chi connectivity index (χ1n) is 44.6. The Labute approximate surface area is 774 Å². The highest BCUT2D eigenvalue weighted by Crippen LogP contribution is 2.43. The van der Waals surface area contributed by atoms with Gasteiger partial charge in [-0.3, -0.25) is 96.3 Å². The number of primary amides is 1. The molecule has 19 N–H and O–H groups in total. The minimum atomic E-state index is -2.41. The molecular formula is C88H118N22O25. The normalized spacial score (nSPS) is 15.7. The van der Waals surface area contributed by atoms with Crippen LogP contribution in [0.25, 0.3) is 22.3 Å². The fourth-order valence-electron chi connectivity index (χ4n) is 15.5. The van der Waals surface area contributed by atoms with Gasteiger partial charge in [0.15, 0.2) is 0 Å². The second-order valence-electron chi connectivity index (χ2n) is 32.7. The maximum atomic E-state index is 15.0. The second-order valence-corrected chi connectivity index (χ2v) is 32.7. The Morgan fingerprint density at radius 2 is 1.03 bits per heavy atom. The number of aliphatic carboxylic acids is 3. The number of ether oxygens (including phenoxy) is 3. The molecule has 0 unspecified atom stereocenters. The average molecular weight is 1880 g/mol. The minimum absolute atomic E-state index is 0.0140. The zero-order valence-electron chi connectivity index (χ0n) is 75.4. The molecule has 6 aromatic rings. The van der Waals surface area contributed by atoms with Crippen LogP contribution in [0.4, 0.5) is 4.79 Å². The summed E-state index contributed by atoms with van der Waals surface area (Å²) in [5.74, 6) is -14.1. The summed E-state index contributed by atoms with van der Waals surface area (Å²) >= 11 is 0. The number of carboxylic acids is 3. The van der Waals surface area contributed by atoms with E-state index in [1.54, 1.807) is 54.9 Å². The molecule has 4 aromatic heterocycles. The summed E-state index contributed by atoms with van der Waals surface area (Å²) in [6, 6.07) is 6.21. The van der Waals surface area contributed by atoms with Crippen molar-refractivity contribution in [3.05, 3.63) is 129 Å². The van der Waals surface area contributed by atoms with Crippen LogP contribution in [-0.2, 0) is 135 Å². The number of benzene rings is 2. The van der Waals surface area contributed by atoms with E-state index in [0.29, 0.717) is 53.5 Å². The Morgan fingerprint density at radius 3 is 1.53 bits per heavy atom. The number of phenols is 1. The Hall–Kier alpha value is -14.4. The Bertz CT molecular complexity index is 5220. The van der Waals surface area contributed by atoms with Crippen LogP contribution in [0.2, 0.25) is 0 Å². The van der Waals surface area contributed by atoms with Gasteiger partial charge in [0.25, 0.3) is 5.56 Å². The van der Waals surface area contributed by atoms with Crippen molar-refractivity contribution in [1.82, 2.24) is 108 Å². The molecule has 0 bridgehead atoms. The third-order valence-corrected chi connectivity index (χ3v) is 22.8. The number of cyclic esters (lactones) is 1. The smallest absolute Gasteiger partial charge is 0.508 e. The number of nitrogens with two attached hydrogens (primary N) is 1. The van der Waals surface area contributed by atoms with Gasteiger partial charge in [-0.2, -0.15) is 0 Å². The summed E-state index contributed by atoms with van der Waals surface area (Å²) in [5, 5.41) is 69.2. The van der Waals surface area contributed by atoms with Gasteiger partial charge in [-0.25, -0.2) is 24.5 Å². The van der Waals surface area contributed by atoms with Crippen LogP contribution in [0.3, 0.4) is 0 Å². The number of nitrogens with zero attached hydrogens (tertiary/aromatic N) is 8. The number of unbranched alkanes of at least 4 members (excludes halogenated alkanes) is 2. The molecular weight excluding hydrogens is 1770 g/mol. The quantitative estimate of drug-likeness (QED) is 0.0131. The lowest BCUT2D eigenvalue weighted by atomic mass is 9.85. The number of H-pyrrole nitrogens is 2. The Morgan fingerprint density at radius 1 is 0.541 bits per heavy atom. The van der Waals surface area contributed by atoms with Crippen molar-refractivity contribution in [3.63, 3.8) is 0 Å². The average Bonchev–Trinajstić information content (AvgIpc) is 1.61. The molecule has 0 aliphatic carbocycles. The number of imidazole rings is 2. The number of aryl methyl sites for hydroxylation is 1. The number of hydrogen-bond acceptors (Lipinski definition) is 29. The zero-order valence-corrected chi connectivity index (χ0v) is 75.4. The monoisotopic (exact) mass is 1880 g/mol. The van der Waals surface area contributed by atoms with Gasteiger partial charge in [0.2, 0.25) is 76.5 Å². The number of carbonyl (C=O) groups excluding carboxylic acids is 14. The summed E-state index contributed by atoms with van der Waals surface area (Å²) in [4.78, 5) is 267. The molecule has 135 heavy (non-hydrogen) atoms. The fourth-order valence-corrected chi connectivity index (χ4v) is 15.5. The molecule has 12 amide bonds. The highest BCUT2D eigenvalue weighted by molar-refractivity contribution is 5.98. The number of aromatic nitrogens is 6. The number of aromatic amines is 2. The third kappa shape index (κ3) is 32.8. The number of carboxylic acid groups (broad SMARTS) is 3. The van der Waals surface area contributed by atoms with Crippen molar-refractivity contribution >= 4 is 112 Å². The predicted molar refractivity (Wildman–Crippen MR) is 478 cm³/mol. The van der Waals surface area contributed by atoms with Gasteiger partial charge in [-0.15, -0.1) is 0 Å². The van der Waals surface area contributed by atoms with E-state index >= 15 is 9.59 Å². The number of hydrogen-bond donors (Lipinski definition) is 18. The largest absolute Gasteiger partial charge is 0.509 e. The van der Waals surface area contributed by atoms with Crippen LogP contribution in [0.1, 0.15) is 131 Å². The van der Waals surface area contributed by atoms with Crippen molar-refractivity contribution < 1.29 is 116 Å². The summed E-state index contributed by atoms with van der Waals surface area (Å²) in [6.07, 6.45) is 4.98. The zero-order chi connectivity index (χ0) is 97.7. The van der Waals surface area contributed by atoms with E-state index < -0.39 is 189 Å². The molecule has 9 rings (SSSR count). The van der Waals surface area contributed by atoms with E-state index in [1.807, 2.05) is 6.92 Å². The van der Waals surface area contributed by atoms with Crippen LogP contribution < -0.4 is 69.8 Å². The van der Waals surface area contributed by atoms with Gasteiger partial charge in [0.05, 0.1) is 80.9 Å². The second kappa shape index (κ2) is 52.2. The van der Waals surface area contributed by atoms with E-state index in [-0.39, 0.29) is 184 Å². The van der Waals surface area contributed by atoms with Crippen molar-refractivity contribution in [1.29, 1.82) is 0 Å². The number of phenolic OH excluding ortho intramolecular Hbond substituents is 1. The summed E-state index contributed by atoms with van der Waals surface area (Å²) in [5.41, 5.74) is 7.34. The SMILES string of the molecule is CCc1c2c(nc3ccc(O)cc13)-c1cc3c(c(=O)n1C2)COC(=O)[C@@]3(CC)OC(=O)OC[C@H](NC(=O)CN1CCN(CC(=O)O)CCN(CC(=O)O)CCN(CC(=O)O)CC1)C(=O)N[C@@H](C)C(=O)N[C@@H](CCCCNC(=O)CNC(=O)CCC(=O)NCCc1cnc[nH]1)C(=O)N[C@@H](Cc1ccccc1)C(=O)N[C@@H](CCCCNC(=O)CNC(=O)CCC(=O)NCCc1cnc[nH]1)C(N)=O. The molecule has 0 spiro atoms. The lowest BCUT2D eigenvalue weighted by molar-refractivity contribution is -0.175. The number of esters is 1. The number of aromatic hydroxyl groups is 1. The lowest BCUT2D eigenvalue weighted by Gasteiger charge is -2.35. The predicted octanol–water partition coefficient (Wildman–Crippen LogP) is -3.31. The molecule has 1 fully saturated rings. The standard InChI is InChI=1S/C88H118N22O25/c1-4-58-59-38-57(111)17-18-63(59)102-79-60(58)44-110-68(79)39-62-61(85(110)130)49-133-86(131)88(62,5-2)135-87(132)134-50-67(101-75(118)45-106-29-31-107(46-76(119)120)33-35-109(48-78(123)124)36-34-108(32-30-106)47-77(121)122)84(129)100-53(3)81(126)104-65(16-10-12-26-93-74(117)43-97-72(115)22-20-70(113)95-28-24-56-41-91-52-99-56)82(127)105-66(37-54-13-7-6-8-14-54)83(128)103-64(80(89)125)15-9-11-25-92-73(116)42-96-71(114)21-19-69(112)94-27-23-55-40-90-51-98-55/h6-8,13-14,17-18,38-41,51-53,64-67,111H,4-5,9-12,15-16,19-37,42-50H2,1-3H3,(H2,89,125)(H,90,98)(H,91,99)(H,92,116)(H,93,117)(H,94,112)(H,95,113)(H,96,114)(H,97,115)(H,100,129)(H,101,118)(H,103,128)(H,104,126)(H,105,127)(H,119,120)(H,121,122)(H,123,124)/t53-,64-,65-,66-,67-,88-/m0/s1. The minimum Gasteiger partial charge on any atom is -0.508 e. The van der Waals surface area contributed by atoms with E-state index in [1.165, 1.54) is 62.8 Å². The van der Waals surface area contributed by atoms with Crippen LogP contribution >= 0.6 is 0 Å². The van der Waals surface area contributed by atoms with Crippen LogP contribution in [0.5, 0.6) is 5.75 Å². The number of amides is 12. The van der Waals surface area contributed by atoms with Crippen molar-refractivity contribution in [2.24, 2.45) is 5.73 Å². The maximum Gasteiger partial charge on any atom is 0.509 e. The summed E-state index contributed by atoms with van der Waals surface area (Å²) in [7, 11) is 0. The molecule has 2 aromatic carbocycles. The van der Waals surface area contributed by atoms with E-state index in [9.17, 15) is 97.1 Å². The van der Waals surface area contributed by atoms with Crippen molar-refractivity contribution in [2.75, 3.05) is 124 Å². The highest BCUT2D eigenvalue weighted by Gasteiger charge is 2.51. The van der Waals surface area contributed by atoms with Gasteiger partial charge >= 0.3 is 30.0 Å².